The van der Waals surface area contributed by atoms with Gasteiger partial charge in [0.1, 0.15) is 0 Å². The topological polar surface area (TPSA) is 58.3 Å². The minimum absolute atomic E-state index is 0.0967. The summed E-state index contributed by atoms with van der Waals surface area (Å²) in [7, 11) is 0. The summed E-state index contributed by atoms with van der Waals surface area (Å²) in [5.41, 5.74) is 8.81. The summed E-state index contributed by atoms with van der Waals surface area (Å²) in [6, 6.07) is 9.86. The van der Waals surface area contributed by atoms with Crippen LogP contribution in [0.2, 0.25) is 0 Å². The van der Waals surface area contributed by atoms with Crippen LogP contribution in [0.15, 0.2) is 35.7 Å². The van der Waals surface area contributed by atoms with Crippen LogP contribution < -0.4 is 11.1 Å². The van der Waals surface area contributed by atoms with Crippen molar-refractivity contribution in [1.82, 2.24) is 5.32 Å². The molecule has 2 aromatic rings. The number of thiophene rings is 1. The molecule has 0 atom stereocenters. The van der Waals surface area contributed by atoms with E-state index in [-0.39, 0.29) is 6.61 Å². The SMILES string of the molecule is Nc1ccsc1CNCc1ccc(CO)cc1. The Balaban J connectivity index is 1.83. The Bertz CT molecular complexity index is 465. The fourth-order valence-corrected chi connectivity index (χ4v) is 2.35. The second-order valence-corrected chi connectivity index (χ2v) is 4.88. The molecule has 0 radical (unpaired) electrons. The van der Waals surface area contributed by atoms with Crippen molar-refractivity contribution in [3.8, 4) is 0 Å². The van der Waals surface area contributed by atoms with E-state index in [1.807, 2.05) is 35.7 Å². The van der Waals surface area contributed by atoms with Gasteiger partial charge in [0.25, 0.3) is 0 Å². The van der Waals surface area contributed by atoms with E-state index >= 15 is 0 Å². The lowest BCUT2D eigenvalue weighted by Crippen LogP contribution is -2.12. The molecule has 0 bridgehead atoms. The standard InChI is InChI=1S/C13H16N2OS/c14-12-5-6-17-13(12)8-15-7-10-1-3-11(9-16)4-2-10/h1-6,15-16H,7-9,14H2. The van der Waals surface area contributed by atoms with E-state index in [1.54, 1.807) is 11.3 Å². The quantitative estimate of drug-likeness (QED) is 0.759. The number of hydrogen-bond acceptors (Lipinski definition) is 4. The van der Waals surface area contributed by atoms with Crippen LogP contribution in [0.3, 0.4) is 0 Å². The van der Waals surface area contributed by atoms with Gasteiger partial charge in [-0.25, -0.2) is 0 Å². The number of benzene rings is 1. The van der Waals surface area contributed by atoms with Gasteiger partial charge in [0.2, 0.25) is 0 Å². The van der Waals surface area contributed by atoms with Crippen molar-refractivity contribution in [2.45, 2.75) is 19.7 Å². The lowest BCUT2D eigenvalue weighted by Gasteiger charge is -2.05. The van der Waals surface area contributed by atoms with Crippen LogP contribution in [-0.4, -0.2) is 5.11 Å². The molecule has 0 aliphatic carbocycles. The molecular formula is C13H16N2OS. The lowest BCUT2D eigenvalue weighted by atomic mass is 10.1. The maximum absolute atomic E-state index is 8.93. The van der Waals surface area contributed by atoms with E-state index < -0.39 is 0 Å². The number of nitrogen functional groups attached to an aromatic ring is 1. The second kappa shape index (κ2) is 5.82. The molecule has 90 valence electrons. The monoisotopic (exact) mass is 248 g/mol. The summed E-state index contributed by atoms with van der Waals surface area (Å²) in [6.07, 6.45) is 0. The lowest BCUT2D eigenvalue weighted by molar-refractivity contribution is 0.282. The number of nitrogens with two attached hydrogens (primary N) is 1. The Morgan fingerprint density at radius 2 is 1.76 bits per heavy atom. The smallest absolute Gasteiger partial charge is 0.0681 e. The van der Waals surface area contributed by atoms with Crippen LogP contribution in [-0.2, 0) is 19.7 Å². The van der Waals surface area contributed by atoms with Crippen LogP contribution in [0.25, 0.3) is 0 Å². The number of hydrogen-bond donors (Lipinski definition) is 3. The molecule has 4 N–H and O–H groups in total. The molecule has 1 aromatic heterocycles. The molecule has 1 heterocycles. The molecular weight excluding hydrogens is 232 g/mol. The fourth-order valence-electron chi connectivity index (χ4n) is 1.58. The minimum atomic E-state index is 0.0967. The zero-order chi connectivity index (χ0) is 12.1. The molecule has 1 aromatic carbocycles. The van der Waals surface area contributed by atoms with Crippen LogP contribution in [0, 0.1) is 0 Å². The third-order valence-electron chi connectivity index (χ3n) is 2.60. The molecule has 0 fully saturated rings. The van der Waals surface area contributed by atoms with Crippen molar-refractivity contribution < 1.29 is 5.11 Å². The van der Waals surface area contributed by atoms with E-state index in [9.17, 15) is 0 Å². The van der Waals surface area contributed by atoms with Crippen molar-refractivity contribution in [1.29, 1.82) is 0 Å². The molecule has 0 amide bonds. The highest BCUT2D eigenvalue weighted by Crippen LogP contribution is 2.18. The molecule has 0 saturated heterocycles. The average Bonchev–Trinajstić information content (AvgIpc) is 2.76. The molecule has 17 heavy (non-hydrogen) atoms. The molecule has 3 nitrogen and oxygen atoms in total. The van der Waals surface area contributed by atoms with Gasteiger partial charge in [-0.15, -0.1) is 11.3 Å². The van der Waals surface area contributed by atoms with Gasteiger partial charge in [-0.1, -0.05) is 24.3 Å². The Kier molecular flexibility index (Phi) is 4.14. The zero-order valence-electron chi connectivity index (χ0n) is 9.52. The third kappa shape index (κ3) is 3.30. The fraction of sp³-hybridized carbons (Fsp3) is 0.231. The number of aliphatic hydroxyl groups excluding tert-OH is 1. The predicted octanol–water partition coefficient (Wildman–Crippen LogP) is 2.11. The van der Waals surface area contributed by atoms with E-state index in [1.165, 1.54) is 10.4 Å². The molecule has 0 aliphatic rings. The van der Waals surface area contributed by atoms with Gasteiger partial charge in [-0.3, -0.25) is 0 Å². The largest absolute Gasteiger partial charge is 0.398 e. The van der Waals surface area contributed by atoms with Crippen LogP contribution >= 0.6 is 11.3 Å². The molecule has 2 rings (SSSR count). The van der Waals surface area contributed by atoms with Gasteiger partial charge in [0.05, 0.1) is 6.61 Å². The van der Waals surface area contributed by atoms with Crippen LogP contribution in [0.5, 0.6) is 0 Å². The molecule has 4 heteroatoms. The average molecular weight is 248 g/mol. The van der Waals surface area contributed by atoms with Gasteiger partial charge < -0.3 is 16.2 Å². The minimum Gasteiger partial charge on any atom is -0.398 e. The zero-order valence-corrected chi connectivity index (χ0v) is 10.3. The summed E-state index contributed by atoms with van der Waals surface area (Å²) < 4.78 is 0. The molecule has 0 saturated carbocycles. The van der Waals surface area contributed by atoms with Crippen LogP contribution in [0.4, 0.5) is 5.69 Å². The molecule has 0 aliphatic heterocycles. The van der Waals surface area contributed by atoms with Gasteiger partial charge in [-0.2, -0.15) is 0 Å². The van der Waals surface area contributed by atoms with Gasteiger partial charge >= 0.3 is 0 Å². The second-order valence-electron chi connectivity index (χ2n) is 3.88. The van der Waals surface area contributed by atoms with Crippen molar-refractivity contribution in [3.05, 3.63) is 51.7 Å². The first-order valence-corrected chi connectivity index (χ1v) is 6.39. The van der Waals surface area contributed by atoms with Crippen molar-refractivity contribution >= 4 is 17.0 Å². The van der Waals surface area contributed by atoms with E-state index in [0.29, 0.717) is 0 Å². The first-order chi connectivity index (χ1) is 8.29. The Morgan fingerprint density at radius 3 is 2.35 bits per heavy atom. The van der Waals surface area contributed by atoms with Crippen molar-refractivity contribution in [2.24, 2.45) is 0 Å². The summed E-state index contributed by atoms with van der Waals surface area (Å²) in [5.74, 6) is 0. The van der Waals surface area contributed by atoms with E-state index in [0.717, 1.165) is 24.3 Å². The first-order valence-electron chi connectivity index (χ1n) is 5.51. The number of aliphatic hydroxyl groups is 1. The predicted molar refractivity (Wildman–Crippen MR) is 71.6 cm³/mol. The summed E-state index contributed by atoms with van der Waals surface area (Å²) in [4.78, 5) is 1.18. The number of nitrogens with one attached hydrogen (secondary N) is 1. The van der Waals surface area contributed by atoms with Crippen molar-refractivity contribution in [2.75, 3.05) is 5.73 Å². The van der Waals surface area contributed by atoms with Crippen LogP contribution in [0.1, 0.15) is 16.0 Å². The first kappa shape index (κ1) is 12.1. The van der Waals surface area contributed by atoms with E-state index in [2.05, 4.69) is 5.32 Å². The third-order valence-corrected chi connectivity index (χ3v) is 3.54. The highest BCUT2D eigenvalue weighted by molar-refractivity contribution is 7.10. The highest BCUT2D eigenvalue weighted by Gasteiger charge is 2.00. The number of anilines is 1. The summed E-state index contributed by atoms with van der Waals surface area (Å²) in [6.45, 7) is 1.70. The normalized spacial score (nSPS) is 10.6. The van der Waals surface area contributed by atoms with Crippen molar-refractivity contribution in [3.63, 3.8) is 0 Å². The Labute approximate surface area is 105 Å². The van der Waals surface area contributed by atoms with Gasteiger partial charge in [0.15, 0.2) is 0 Å². The molecule has 0 unspecified atom stereocenters. The maximum atomic E-state index is 8.93. The Morgan fingerprint density at radius 1 is 1.06 bits per heavy atom. The maximum Gasteiger partial charge on any atom is 0.0681 e. The van der Waals surface area contributed by atoms with E-state index in [4.69, 9.17) is 10.8 Å². The van der Waals surface area contributed by atoms with Gasteiger partial charge in [-0.05, 0) is 22.6 Å². The molecule has 0 spiro atoms. The number of rotatable bonds is 5. The summed E-state index contributed by atoms with van der Waals surface area (Å²) in [5, 5.41) is 14.3. The highest BCUT2D eigenvalue weighted by atomic mass is 32.1. The summed E-state index contributed by atoms with van der Waals surface area (Å²) >= 11 is 1.67. The Hall–Kier alpha value is -1.36. The van der Waals surface area contributed by atoms with Gasteiger partial charge in [0, 0.05) is 23.7 Å².